The van der Waals surface area contributed by atoms with Crippen LogP contribution < -0.4 is 5.73 Å². The first-order valence-corrected chi connectivity index (χ1v) is 4.58. The summed E-state index contributed by atoms with van der Waals surface area (Å²) in [5, 5.41) is 0. The zero-order chi connectivity index (χ0) is 10.1. The molecule has 0 aliphatic carbocycles. The molecule has 0 saturated heterocycles. The lowest BCUT2D eigenvalue weighted by Crippen LogP contribution is -2.08. The lowest BCUT2D eigenvalue weighted by molar-refractivity contribution is -0.138. The van der Waals surface area contributed by atoms with E-state index in [9.17, 15) is 13.2 Å². The summed E-state index contributed by atoms with van der Waals surface area (Å²) in [6.07, 6.45) is -4.27. The molecule has 0 unspecified atom stereocenters. The van der Waals surface area contributed by atoms with E-state index >= 15 is 0 Å². The molecule has 1 aromatic carbocycles. The summed E-state index contributed by atoms with van der Waals surface area (Å²) < 4.78 is 36.9. The van der Waals surface area contributed by atoms with E-state index in [4.69, 9.17) is 5.73 Å². The Morgan fingerprint density at radius 1 is 1.31 bits per heavy atom. The molecule has 0 aliphatic rings. The number of nitrogens with two attached hydrogens (primary N) is 1. The Bertz CT molecular complexity index is 309. The summed E-state index contributed by atoms with van der Waals surface area (Å²) in [6, 6.07) is 3.90. The summed E-state index contributed by atoms with van der Waals surface area (Å²) >= 11 is 1.66. The highest BCUT2D eigenvalue weighted by molar-refractivity contribution is 14.1. The average Bonchev–Trinajstić information content (AvgIpc) is 2.01. The van der Waals surface area contributed by atoms with Crippen molar-refractivity contribution < 1.29 is 13.2 Å². The molecule has 1 rings (SSSR count). The zero-order valence-corrected chi connectivity index (χ0v) is 8.69. The predicted octanol–water partition coefficient (Wildman–Crippen LogP) is 2.77. The predicted molar refractivity (Wildman–Crippen MR) is 52.1 cm³/mol. The van der Waals surface area contributed by atoms with Crippen molar-refractivity contribution in [2.75, 3.05) is 0 Å². The van der Waals surface area contributed by atoms with Gasteiger partial charge in [-0.05, 0) is 40.3 Å². The third kappa shape index (κ3) is 2.57. The Labute approximate surface area is 87.3 Å². The van der Waals surface area contributed by atoms with Crippen molar-refractivity contribution in [1.29, 1.82) is 0 Å². The highest BCUT2D eigenvalue weighted by Gasteiger charge is 2.32. The van der Waals surface area contributed by atoms with Gasteiger partial charge < -0.3 is 5.73 Å². The summed E-state index contributed by atoms with van der Waals surface area (Å²) in [4.78, 5) is 0. The van der Waals surface area contributed by atoms with Crippen LogP contribution in [0.2, 0.25) is 0 Å². The Morgan fingerprint density at radius 2 is 1.92 bits per heavy atom. The van der Waals surface area contributed by atoms with E-state index in [0.717, 1.165) is 6.07 Å². The molecule has 13 heavy (non-hydrogen) atoms. The second-order valence-corrected chi connectivity index (χ2v) is 3.68. The minimum Gasteiger partial charge on any atom is -0.326 e. The van der Waals surface area contributed by atoms with Crippen molar-refractivity contribution in [3.05, 3.63) is 32.9 Å². The summed E-state index contributed by atoms with van der Waals surface area (Å²) in [5.41, 5.74) is 5.39. The first-order chi connectivity index (χ1) is 5.95. The van der Waals surface area contributed by atoms with Crippen molar-refractivity contribution in [2.45, 2.75) is 12.7 Å². The van der Waals surface area contributed by atoms with E-state index < -0.39 is 11.7 Å². The Kier molecular flexibility index (Phi) is 3.18. The molecule has 0 saturated carbocycles. The van der Waals surface area contributed by atoms with Crippen LogP contribution in [0, 0.1) is 3.57 Å². The SMILES string of the molecule is NCc1ccc(C(F)(F)F)c(I)c1. The van der Waals surface area contributed by atoms with E-state index in [0.29, 0.717) is 5.56 Å². The van der Waals surface area contributed by atoms with Crippen LogP contribution in [-0.4, -0.2) is 0 Å². The molecule has 1 aromatic rings. The van der Waals surface area contributed by atoms with Crippen molar-refractivity contribution in [3.63, 3.8) is 0 Å². The third-order valence-corrected chi connectivity index (χ3v) is 2.47. The van der Waals surface area contributed by atoms with Gasteiger partial charge in [0, 0.05) is 10.1 Å². The first-order valence-electron chi connectivity index (χ1n) is 3.51. The van der Waals surface area contributed by atoms with Gasteiger partial charge in [-0.1, -0.05) is 6.07 Å². The van der Waals surface area contributed by atoms with Gasteiger partial charge in [0.15, 0.2) is 0 Å². The minimum absolute atomic E-state index is 0.188. The molecule has 0 amide bonds. The fourth-order valence-corrected chi connectivity index (χ4v) is 1.80. The summed E-state index contributed by atoms with van der Waals surface area (Å²) in [7, 11) is 0. The molecule has 72 valence electrons. The number of rotatable bonds is 1. The topological polar surface area (TPSA) is 26.0 Å². The monoisotopic (exact) mass is 301 g/mol. The van der Waals surface area contributed by atoms with Gasteiger partial charge in [-0.15, -0.1) is 0 Å². The number of benzene rings is 1. The Hall–Kier alpha value is -0.300. The second-order valence-electron chi connectivity index (χ2n) is 2.52. The molecule has 0 bridgehead atoms. The van der Waals surface area contributed by atoms with Gasteiger partial charge >= 0.3 is 6.18 Å². The molecule has 0 atom stereocenters. The standard InChI is InChI=1S/C8H7F3IN/c9-8(10,11)6-2-1-5(4-13)3-7(6)12/h1-3H,4,13H2. The maximum Gasteiger partial charge on any atom is 0.417 e. The highest BCUT2D eigenvalue weighted by Crippen LogP contribution is 2.32. The molecule has 0 spiro atoms. The van der Waals surface area contributed by atoms with Gasteiger partial charge in [0.05, 0.1) is 5.56 Å². The van der Waals surface area contributed by atoms with Crippen molar-refractivity contribution in [2.24, 2.45) is 5.73 Å². The third-order valence-electron chi connectivity index (χ3n) is 1.57. The zero-order valence-electron chi connectivity index (χ0n) is 6.53. The van der Waals surface area contributed by atoms with Crippen molar-refractivity contribution in [1.82, 2.24) is 0 Å². The van der Waals surface area contributed by atoms with Crippen molar-refractivity contribution >= 4 is 22.6 Å². The summed E-state index contributed by atoms with van der Waals surface area (Å²) in [5.74, 6) is 0. The normalized spacial score (nSPS) is 11.8. The summed E-state index contributed by atoms with van der Waals surface area (Å²) in [6.45, 7) is 0.258. The van der Waals surface area contributed by atoms with E-state index in [2.05, 4.69) is 0 Å². The molecule has 0 aromatic heterocycles. The smallest absolute Gasteiger partial charge is 0.326 e. The van der Waals surface area contributed by atoms with Crippen LogP contribution in [0.1, 0.15) is 11.1 Å². The number of alkyl halides is 3. The maximum absolute atomic E-state index is 12.2. The van der Waals surface area contributed by atoms with Gasteiger partial charge in [-0.2, -0.15) is 13.2 Å². The molecular weight excluding hydrogens is 294 g/mol. The average molecular weight is 301 g/mol. The fourth-order valence-electron chi connectivity index (χ4n) is 0.915. The molecule has 0 radical (unpaired) electrons. The van der Waals surface area contributed by atoms with E-state index in [-0.39, 0.29) is 10.1 Å². The largest absolute Gasteiger partial charge is 0.417 e. The van der Waals surface area contributed by atoms with E-state index in [1.54, 1.807) is 22.6 Å². The van der Waals surface area contributed by atoms with Gasteiger partial charge in [0.2, 0.25) is 0 Å². The van der Waals surface area contributed by atoms with Crippen LogP contribution in [0.25, 0.3) is 0 Å². The number of halogens is 4. The first kappa shape index (κ1) is 10.8. The molecule has 2 N–H and O–H groups in total. The van der Waals surface area contributed by atoms with Crippen LogP contribution in [-0.2, 0) is 12.7 Å². The molecule has 0 heterocycles. The quantitative estimate of drug-likeness (QED) is 0.793. The molecule has 0 fully saturated rings. The minimum atomic E-state index is -4.27. The van der Waals surface area contributed by atoms with Gasteiger partial charge in [0.25, 0.3) is 0 Å². The fraction of sp³-hybridized carbons (Fsp3) is 0.250. The van der Waals surface area contributed by atoms with Crippen LogP contribution in [0.5, 0.6) is 0 Å². The second kappa shape index (κ2) is 3.83. The van der Waals surface area contributed by atoms with Gasteiger partial charge in [-0.3, -0.25) is 0 Å². The van der Waals surface area contributed by atoms with Gasteiger partial charge in [-0.25, -0.2) is 0 Å². The van der Waals surface area contributed by atoms with Crippen LogP contribution >= 0.6 is 22.6 Å². The van der Waals surface area contributed by atoms with Gasteiger partial charge in [0.1, 0.15) is 0 Å². The van der Waals surface area contributed by atoms with Crippen LogP contribution in [0.15, 0.2) is 18.2 Å². The lowest BCUT2D eigenvalue weighted by Gasteiger charge is -2.09. The molecule has 1 nitrogen and oxygen atoms in total. The maximum atomic E-state index is 12.2. The molecular formula is C8H7F3IN. The Balaban J connectivity index is 3.13. The van der Waals surface area contributed by atoms with Crippen LogP contribution in [0.3, 0.4) is 0 Å². The number of hydrogen-bond acceptors (Lipinski definition) is 1. The van der Waals surface area contributed by atoms with Crippen LogP contribution in [0.4, 0.5) is 13.2 Å². The Morgan fingerprint density at radius 3 is 2.31 bits per heavy atom. The highest BCUT2D eigenvalue weighted by atomic mass is 127. The number of hydrogen-bond donors (Lipinski definition) is 1. The molecule has 5 heteroatoms. The van der Waals surface area contributed by atoms with E-state index in [1.165, 1.54) is 12.1 Å². The molecule has 0 aliphatic heterocycles. The van der Waals surface area contributed by atoms with Crippen molar-refractivity contribution in [3.8, 4) is 0 Å². The lowest BCUT2D eigenvalue weighted by atomic mass is 10.1. The van der Waals surface area contributed by atoms with E-state index in [1.807, 2.05) is 0 Å².